The predicted octanol–water partition coefficient (Wildman–Crippen LogP) is 4.43. The zero-order chi connectivity index (χ0) is 18.1. The molecule has 2 aromatic carbocycles. The van der Waals surface area contributed by atoms with Crippen LogP contribution in [0.25, 0.3) is 10.1 Å². The Kier molecular flexibility index (Phi) is 4.65. The van der Waals surface area contributed by atoms with E-state index in [9.17, 15) is 15.0 Å². The molecular weight excluding hydrogens is 360 g/mol. The first kappa shape index (κ1) is 17.3. The van der Waals surface area contributed by atoms with Crippen LogP contribution in [0.1, 0.15) is 27.7 Å². The fraction of sp³-hybridized carbons (Fsp3) is 0.111. The highest BCUT2D eigenvalue weighted by atomic mass is 35.5. The third-order valence-electron chi connectivity index (χ3n) is 3.69. The number of hydrogen-bond donors (Lipinski definition) is 3. The summed E-state index contributed by atoms with van der Waals surface area (Å²) in [7, 11) is 0. The summed E-state index contributed by atoms with van der Waals surface area (Å²) in [5.74, 6) is -0.585. The van der Waals surface area contributed by atoms with Gasteiger partial charge in [0.25, 0.3) is 5.91 Å². The molecule has 5 nitrogen and oxygen atoms in total. The van der Waals surface area contributed by atoms with E-state index < -0.39 is 5.91 Å². The molecule has 3 N–H and O–H groups in total. The molecule has 25 heavy (non-hydrogen) atoms. The van der Waals surface area contributed by atoms with Crippen molar-refractivity contribution in [1.82, 2.24) is 5.43 Å². The molecule has 0 aliphatic heterocycles. The van der Waals surface area contributed by atoms with E-state index >= 15 is 0 Å². The van der Waals surface area contributed by atoms with Gasteiger partial charge in [-0.25, -0.2) is 5.43 Å². The molecule has 0 aliphatic carbocycles. The lowest BCUT2D eigenvalue weighted by Crippen LogP contribution is -2.18. The molecule has 1 heterocycles. The Morgan fingerprint density at radius 3 is 2.68 bits per heavy atom. The Labute approximate surface area is 153 Å². The summed E-state index contributed by atoms with van der Waals surface area (Å²) < 4.78 is 0.937. The van der Waals surface area contributed by atoms with Gasteiger partial charge >= 0.3 is 0 Å². The molecule has 0 saturated carbocycles. The van der Waals surface area contributed by atoms with Gasteiger partial charge in [-0.1, -0.05) is 23.7 Å². The Morgan fingerprint density at radius 2 is 1.96 bits per heavy atom. The SMILES string of the molecule is C/C(=N\NC(=O)c1sc2cc(C)ccc2c1Cl)c1ccc(O)cc1O. The van der Waals surface area contributed by atoms with Crippen LogP contribution in [0.5, 0.6) is 11.5 Å². The maximum Gasteiger partial charge on any atom is 0.283 e. The zero-order valence-electron chi connectivity index (χ0n) is 13.5. The van der Waals surface area contributed by atoms with Crippen molar-refractivity contribution in [2.75, 3.05) is 0 Å². The molecule has 3 rings (SSSR count). The van der Waals surface area contributed by atoms with Gasteiger partial charge in [-0.3, -0.25) is 4.79 Å². The third kappa shape index (κ3) is 3.45. The molecule has 0 atom stereocenters. The molecule has 7 heteroatoms. The molecule has 0 saturated heterocycles. The summed E-state index contributed by atoms with van der Waals surface area (Å²) in [5.41, 5.74) is 4.36. The summed E-state index contributed by atoms with van der Waals surface area (Å²) in [6.07, 6.45) is 0. The van der Waals surface area contributed by atoms with E-state index in [2.05, 4.69) is 10.5 Å². The minimum Gasteiger partial charge on any atom is -0.508 e. The Morgan fingerprint density at radius 1 is 1.20 bits per heavy atom. The molecule has 0 spiro atoms. The molecule has 1 amide bonds. The van der Waals surface area contributed by atoms with E-state index in [0.717, 1.165) is 15.6 Å². The minimum absolute atomic E-state index is 0.0505. The molecule has 0 bridgehead atoms. The van der Waals surface area contributed by atoms with Crippen LogP contribution in [0.2, 0.25) is 5.02 Å². The number of nitrogens with zero attached hydrogens (tertiary/aromatic N) is 1. The zero-order valence-corrected chi connectivity index (χ0v) is 15.1. The predicted molar refractivity (Wildman–Crippen MR) is 101 cm³/mol. The van der Waals surface area contributed by atoms with Gasteiger partial charge in [0.1, 0.15) is 16.4 Å². The highest BCUT2D eigenvalue weighted by Crippen LogP contribution is 2.35. The molecule has 1 aromatic heterocycles. The molecule has 3 aromatic rings. The average Bonchev–Trinajstić information content (AvgIpc) is 2.88. The summed E-state index contributed by atoms with van der Waals surface area (Å²) in [4.78, 5) is 12.8. The van der Waals surface area contributed by atoms with E-state index in [4.69, 9.17) is 11.6 Å². The van der Waals surface area contributed by atoms with E-state index in [-0.39, 0.29) is 11.5 Å². The molecule has 0 unspecified atom stereocenters. The Hall–Kier alpha value is -2.57. The van der Waals surface area contributed by atoms with Crippen LogP contribution in [0.4, 0.5) is 0 Å². The van der Waals surface area contributed by atoms with E-state index in [1.54, 1.807) is 6.92 Å². The largest absolute Gasteiger partial charge is 0.508 e. The lowest BCUT2D eigenvalue weighted by Gasteiger charge is -2.05. The number of phenolic OH excluding ortho intramolecular Hbond substituents is 2. The number of aryl methyl sites for hydroxylation is 1. The standard InChI is InChI=1S/C18H15ClN2O3S/c1-9-3-5-13-15(7-9)25-17(16(13)19)18(24)21-20-10(2)12-6-4-11(22)8-14(12)23/h3-8,22-23H,1-2H3,(H,21,24)/b20-10+. The average molecular weight is 375 g/mol. The number of rotatable bonds is 3. The van der Waals surface area contributed by atoms with Crippen molar-refractivity contribution in [3.63, 3.8) is 0 Å². The van der Waals surface area contributed by atoms with Gasteiger partial charge < -0.3 is 10.2 Å². The molecule has 0 aliphatic rings. The smallest absolute Gasteiger partial charge is 0.283 e. The van der Waals surface area contributed by atoms with Gasteiger partial charge in [-0.2, -0.15) is 5.10 Å². The van der Waals surface area contributed by atoms with E-state index in [1.165, 1.54) is 29.5 Å². The van der Waals surface area contributed by atoms with Gasteiger partial charge in [0.15, 0.2) is 0 Å². The van der Waals surface area contributed by atoms with Gasteiger partial charge in [0.2, 0.25) is 0 Å². The second kappa shape index (κ2) is 6.74. The number of aromatic hydroxyl groups is 2. The first-order valence-corrected chi connectivity index (χ1v) is 8.62. The van der Waals surface area contributed by atoms with Crippen molar-refractivity contribution in [3.8, 4) is 11.5 Å². The number of benzene rings is 2. The van der Waals surface area contributed by atoms with Crippen LogP contribution in [-0.2, 0) is 0 Å². The quantitative estimate of drug-likeness (QED) is 0.468. The fourth-order valence-electron chi connectivity index (χ4n) is 2.39. The van der Waals surface area contributed by atoms with Crippen LogP contribution < -0.4 is 5.43 Å². The number of phenols is 2. The van der Waals surface area contributed by atoms with Crippen LogP contribution in [0.3, 0.4) is 0 Å². The maximum absolute atomic E-state index is 12.4. The number of nitrogens with one attached hydrogen (secondary N) is 1. The summed E-state index contributed by atoms with van der Waals surface area (Å²) in [6, 6.07) is 9.97. The van der Waals surface area contributed by atoms with Gasteiger partial charge in [-0.15, -0.1) is 11.3 Å². The van der Waals surface area contributed by atoms with Crippen LogP contribution >= 0.6 is 22.9 Å². The Bertz CT molecular complexity index is 1010. The van der Waals surface area contributed by atoms with Crippen molar-refractivity contribution in [1.29, 1.82) is 0 Å². The van der Waals surface area contributed by atoms with Gasteiger partial charge in [0, 0.05) is 21.7 Å². The number of halogens is 1. The number of hydrazone groups is 1. The molecular formula is C18H15ClN2O3S. The lowest BCUT2D eigenvalue weighted by atomic mass is 10.1. The topological polar surface area (TPSA) is 81.9 Å². The first-order chi connectivity index (χ1) is 11.9. The highest BCUT2D eigenvalue weighted by molar-refractivity contribution is 7.21. The van der Waals surface area contributed by atoms with Gasteiger partial charge in [0.05, 0.1) is 10.7 Å². The first-order valence-electron chi connectivity index (χ1n) is 7.42. The summed E-state index contributed by atoms with van der Waals surface area (Å²) in [5, 5.41) is 24.4. The monoisotopic (exact) mass is 374 g/mol. The lowest BCUT2D eigenvalue weighted by molar-refractivity contribution is 0.0959. The maximum atomic E-state index is 12.4. The second-order valence-corrected chi connectivity index (χ2v) is 7.01. The minimum atomic E-state index is -0.415. The van der Waals surface area contributed by atoms with E-state index in [0.29, 0.717) is 21.2 Å². The van der Waals surface area contributed by atoms with Crippen molar-refractivity contribution in [2.24, 2.45) is 5.10 Å². The molecule has 0 radical (unpaired) electrons. The Balaban J connectivity index is 1.86. The summed E-state index contributed by atoms with van der Waals surface area (Å²) in [6.45, 7) is 3.62. The number of carbonyl (C=O) groups excluding carboxylic acids is 1. The normalized spacial score (nSPS) is 11.7. The fourth-order valence-corrected chi connectivity index (χ4v) is 3.90. The van der Waals surface area contributed by atoms with Gasteiger partial charge in [-0.05, 0) is 37.6 Å². The van der Waals surface area contributed by atoms with Crippen LogP contribution in [0, 0.1) is 6.92 Å². The number of fused-ring (bicyclic) bond motifs is 1. The van der Waals surface area contributed by atoms with Crippen molar-refractivity contribution < 1.29 is 15.0 Å². The number of thiophene rings is 1. The van der Waals surface area contributed by atoms with E-state index in [1.807, 2.05) is 25.1 Å². The van der Waals surface area contributed by atoms with Crippen molar-refractivity contribution in [3.05, 3.63) is 57.4 Å². The van der Waals surface area contributed by atoms with Crippen LogP contribution in [-0.4, -0.2) is 21.8 Å². The molecule has 0 fully saturated rings. The summed E-state index contributed by atoms with van der Waals surface area (Å²) >= 11 is 7.62. The highest BCUT2D eigenvalue weighted by Gasteiger charge is 2.17. The number of amides is 1. The number of carbonyl (C=O) groups is 1. The third-order valence-corrected chi connectivity index (χ3v) is 5.34. The van der Waals surface area contributed by atoms with Crippen molar-refractivity contribution >= 4 is 44.6 Å². The van der Waals surface area contributed by atoms with Crippen molar-refractivity contribution in [2.45, 2.75) is 13.8 Å². The second-order valence-electron chi connectivity index (χ2n) is 5.58. The number of hydrogen-bond acceptors (Lipinski definition) is 5. The molecule has 128 valence electrons. The van der Waals surface area contributed by atoms with Crippen LogP contribution in [0.15, 0.2) is 41.5 Å².